The Labute approximate surface area is 127 Å². The SMILES string of the molecule is CNC(/C=C(\N)C1=CC(c2ccccc2)=CCN1)C(F)(F)F. The summed E-state index contributed by atoms with van der Waals surface area (Å²) >= 11 is 0. The summed E-state index contributed by atoms with van der Waals surface area (Å²) in [5.74, 6) is 0. The van der Waals surface area contributed by atoms with E-state index in [-0.39, 0.29) is 5.70 Å². The number of hydrogen-bond donors (Lipinski definition) is 3. The fourth-order valence-corrected chi connectivity index (χ4v) is 2.16. The molecule has 0 spiro atoms. The second-order valence-electron chi connectivity index (χ2n) is 4.89. The van der Waals surface area contributed by atoms with E-state index in [2.05, 4.69) is 10.6 Å². The van der Waals surface area contributed by atoms with Gasteiger partial charge in [-0.2, -0.15) is 13.2 Å². The van der Waals surface area contributed by atoms with Crippen LogP contribution in [0, 0.1) is 0 Å². The lowest BCUT2D eigenvalue weighted by Gasteiger charge is -2.20. The third-order valence-electron chi connectivity index (χ3n) is 3.34. The molecule has 0 saturated heterocycles. The van der Waals surface area contributed by atoms with Crippen LogP contribution in [0.15, 0.2) is 60.0 Å². The summed E-state index contributed by atoms with van der Waals surface area (Å²) in [6.45, 7) is 0.515. The standard InChI is InChI=1S/C16H18F3N3/c1-21-15(16(17,18)19)10-13(20)14-9-12(7-8-22-14)11-5-3-2-4-6-11/h2-7,9-10,15,21-22H,8,20H2,1H3/b13-10-. The minimum absolute atomic E-state index is 0.0678. The Balaban J connectivity index is 2.25. The number of allylic oxidation sites excluding steroid dienone is 2. The summed E-state index contributed by atoms with van der Waals surface area (Å²) < 4.78 is 38.3. The van der Waals surface area contributed by atoms with Gasteiger partial charge >= 0.3 is 6.18 Å². The molecule has 3 nitrogen and oxygen atoms in total. The van der Waals surface area contributed by atoms with Crippen LogP contribution >= 0.6 is 0 Å². The Morgan fingerprint density at radius 1 is 1.32 bits per heavy atom. The Morgan fingerprint density at radius 3 is 2.59 bits per heavy atom. The van der Waals surface area contributed by atoms with Crippen LogP contribution in [-0.2, 0) is 0 Å². The number of benzene rings is 1. The Kier molecular flexibility index (Phi) is 4.92. The van der Waals surface area contributed by atoms with Gasteiger partial charge in [0.2, 0.25) is 0 Å². The zero-order valence-electron chi connectivity index (χ0n) is 12.1. The molecule has 4 N–H and O–H groups in total. The van der Waals surface area contributed by atoms with E-state index in [1.54, 1.807) is 6.08 Å². The van der Waals surface area contributed by atoms with E-state index in [4.69, 9.17) is 5.73 Å². The largest absolute Gasteiger partial charge is 0.407 e. The van der Waals surface area contributed by atoms with Crippen LogP contribution in [0.25, 0.3) is 5.57 Å². The highest BCUT2D eigenvalue weighted by Crippen LogP contribution is 2.24. The number of alkyl halides is 3. The average Bonchev–Trinajstić information content (AvgIpc) is 2.52. The van der Waals surface area contributed by atoms with Crippen molar-refractivity contribution in [2.75, 3.05) is 13.6 Å². The van der Waals surface area contributed by atoms with Gasteiger partial charge in [-0.3, -0.25) is 0 Å². The maximum atomic E-state index is 12.8. The van der Waals surface area contributed by atoms with Crippen molar-refractivity contribution in [3.8, 4) is 0 Å². The highest BCUT2D eigenvalue weighted by Gasteiger charge is 2.37. The van der Waals surface area contributed by atoms with Gasteiger partial charge < -0.3 is 16.4 Å². The zero-order valence-corrected chi connectivity index (χ0v) is 12.1. The number of rotatable bonds is 4. The van der Waals surface area contributed by atoms with Gasteiger partial charge in [-0.1, -0.05) is 36.4 Å². The predicted molar refractivity (Wildman–Crippen MR) is 81.7 cm³/mol. The van der Waals surface area contributed by atoms with Crippen molar-refractivity contribution in [3.63, 3.8) is 0 Å². The van der Waals surface area contributed by atoms with Gasteiger partial charge in [-0.05, 0) is 30.3 Å². The molecule has 1 aliphatic heterocycles. The molecular weight excluding hydrogens is 291 g/mol. The molecule has 1 atom stereocenters. The molecule has 1 heterocycles. The molecule has 118 valence electrons. The van der Waals surface area contributed by atoms with E-state index < -0.39 is 12.2 Å². The van der Waals surface area contributed by atoms with Gasteiger partial charge in [0, 0.05) is 6.54 Å². The number of likely N-dealkylation sites (N-methyl/N-ethyl adjacent to an activating group) is 1. The number of halogens is 3. The first-order valence-corrected chi connectivity index (χ1v) is 6.84. The van der Waals surface area contributed by atoms with E-state index >= 15 is 0 Å². The minimum Gasteiger partial charge on any atom is -0.397 e. The summed E-state index contributed by atoms with van der Waals surface area (Å²) in [4.78, 5) is 0. The molecule has 1 unspecified atom stereocenters. The van der Waals surface area contributed by atoms with Crippen molar-refractivity contribution in [1.82, 2.24) is 10.6 Å². The van der Waals surface area contributed by atoms with E-state index in [9.17, 15) is 13.2 Å². The maximum Gasteiger partial charge on any atom is 0.407 e. The highest BCUT2D eigenvalue weighted by molar-refractivity contribution is 5.76. The molecule has 1 aromatic carbocycles. The van der Waals surface area contributed by atoms with E-state index in [0.717, 1.165) is 17.2 Å². The summed E-state index contributed by atoms with van der Waals surface area (Å²) in [6, 6.07) is 7.83. The average molecular weight is 309 g/mol. The number of nitrogens with two attached hydrogens (primary N) is 1. The van der Waals surface area contributed by atoms with Gasteiger partial charge in [0.1, 0.15) is 6.04 Å². The Bertz CT molecular complexity index is 601. The zero-order chi connectivity index (χ0) is 16.2. The summed E-state index contributed by atoms with van der Waals surface area (Å²) in [5, 5.41) is 5.20. The van der Waals surface area contributed by atoms with Crippen LogP contribution in [0.3, 0.4) is 0 Å². The van der Waals surface area contributed by atoms with Crippen molar-refractivity contribution < 1.29 is 13.2 Å². The molecule has 0 aliphatic carbocycles. The van der Waals surface area contributed by atoms with Crippen molar-refractivity contribution in [3.05, 3.63) is 65.5 Å². The van der Waals surface area contributed by atoms with Crippen LogP contribution < -0.4 is 16.4 Å². The van der Waals surface area contributed by atoms with Crippen molar-refractivity contribution in [1.29, 1.82) is 0 Å². The van der Waals surface area contributed by atoms with Crippen molar-refractivity contribution in [2.24, 2.45) is 5.73 Å². The van der Waals surface area contributed by atoms with Gasteiger partial charge in [0.15, 0.2) is 0 Å². The third kappa shape index (κ3) is 3.92. The fraction of sp³-hybridized carbons (Fsp3) is 0.250. The number of nitrogens with one attached hydrogen (secondary N) is 2. The summed E-state index contributed by atoms with van der Waals surface area (Å²) in [6.07, 6.45) is 0.318. The van der Waals surface area contributed by atoms with Gasteiger partial charge in [-0.25, -0.2) is 0 Å². The molecular formula is C16H18F3N3. The normalized spacial score (nSPS) is 17.4. The molecule has 2 rings (SSSR count). The predicted octanol–water partition coefficient (Wildman–Crippen LogP) is 2.55. The molecule has 0 aromatic heterocycles. The molecule has 0 radical (unpaired) electrons. The lowest BCUT2D eigenvalue weighted by atomic mass is 10.0. The van der Waals surface area contributed by atoms with E-state index in [1.165, 1.54) is 7.05 Å². The molecule has 0 bridgehead atoms. The van der Waals surface area contributed by atoms with Crippen molar-refractivity contribution in [2.45, 2.75) is 12.2 Å². The molecule has 22 heavy (non-hydrogen) atoms. The molecule has 0 fully saturated rings. The molecule has 0 amide bonds. The summed E-state index contributed by atoms with van der Waals surface area (Å²) in [7, 11) is 1.25. The first-order chi connectivity index (χ1) is 10.4. The van der Waals surface area contributed by atoms with Crippen LogP contribution in [0.1, 0.15) is 5.56 Å². The molecule has 1 aliphatic rings. The van der Waals surface area contributed by atoms with Crippen LogP contribution in [0.5, 0.6) is 0 Å². The third-order valence-corrected chi connectivity index (χ3v) is 3.34. The number of dihydropyridines is 1. The van der Waals surface area contributed by atoms with Gasteiger partial charge in [0.05, 0.1) is 11.4 Å². The first-order valence-electron chi connectivity index (χ1n) is 6.84. The molecule has 1 aromatic rings. The van der Waals surface area contributed by atoms with Crippen molar-refractivity contribution >= 4 is 5.57 Å². The Morgan fingerprint density at radius 2 is 2.00 bits per heavy atom. The van der Waals surface area contributed by atoms with E-state index in [1.807, 2.05) is 36.4 Å². The van der Waals surface area contributed by atoms with E-state index in [0.29, 0.717) is 12.2 Å². The molecule has 6 heteroatoms. The topological polar surface area (TPSA) is 50.1 Å². The van der Waals surface area contributed by atoms with Gasteiger partial charge in [-0.15, -0.1) is 0 Å². The lowest BCUT2D eigenvalue weighted by molar-refractivity contribution is -0.143. The maximum absolute atomic E-state index is 12.8. The van der Waals surface area contributed by atoms with Crippen LogP contribution in [0.2, 0.25) is 0 Å². The number of hydrogen-bond acceptors (Lipinski definition) is 3. The second-order valence-corrected chi connectivity index (χ2v) is 4.89. The molecule has 0 saturated carbocycles. The first kappa shape index (κ1) is 16.2. The van der Waals surface area contributed by atoms with Crippen LogP contribution in [-0.4, -0.2) is 25.8 Å². The second kappa shape index (κ2) is 6.70. The fourth-order valence-electron chi connectivity index (χ4n) is 2.16. The monoisotopic (exact) mass is 309 g/mol. The Hall–Kier alpha value is -2.21. The lowest BCUT2D eigenvalue weighted by Crippen LogP contribution is -2.39. The summed E-state index contributed by atoms with van der Waals surface area (Å²) in [5.41, 5.74) is 8.31. The van der Waals surface area contributed by atoms with Crippen LogP contribution in [0.4, 0.5) is 13.2 Å². The minimum atomic E-state index is -4.38. The van der Waals surface area contributed by atoms with Gasteiger partial charge in [0.25, 0.3) is 0 Å². The quantitative estimate of drug-likeness (QED) is 0.801. The smallest absolute Gasteiger partial charge is 0.397 e. The highest BCUT2D eigenvalue weighted by atomic mass is 19.4.